The Morgan fingerprint density at radius 1 is 1.23 bits per heavy atom. The highest BCUT2D eigenvalue weighted by molar-refractivity contribution is 5.96. The van der Waals surface area contributed by atoms with Crippen LogP contribution in [0.4, 0.5) is 11.4 Å². The Morgan fingerprint density at radius 3 is 2.50 bits per heavy atom. The summed E-state index contributed by atoms with van der Waals surface area (Å²) in [6.07, 6.45) is 1.66. The number of hydrogen-bond acceptors (Lipinski definition) is 3. The van der Waals surface area contributed by atoms with Crippen LogP contribution in [0.2, 0.25) is 0 Å². The van der Waals surface area contributed by atoms with Crippen molar-refractivity contribution in [2.75, 3.05) is 11.1 Å². The van der Waals surface area contributed by atoms with Gasteiger partial charge in [0.05, 0.1) is 11.4 Å². The van der Waals surface area contributed by atoms with Crippen molar-refractivity contribution in [3.8, 4) is 0 Å². The molecule has 5 heteroatoms. The zero-order valence-corrected chi connectivity index (χ0v) is 13.0. The molecule has 22 heavy (non-hydrogen) atoms. The van der Waals surface area contributed by atoms with E-state index < -0.39 is 6.04 Å². The minimum atomic E-state index is -0.590. The summed E-state index contributed by atoms with van der Waals surface area (Å²) in [5, 5.41) is 2.81. The van der Waals surface area contributed by atoms with Crippen molar-refractivity contribution in [1.29, 1.82) is 0 Å². The molecule has 0 saturated carbocycles. The number of carbonyl (C=O) groups is 1. The molecule has 0 aliphatic carbocycles. The number of aryl methyl sites for hydroxylation is 1. The monoisotopic (exact) mass is 299 g/mol. The Hall–Kier alpha value is -2.56. The van der Waals surface area contributed by atoms with Crippen molar-refractivity contribution in [2.45, 2.75) is 26.8 Å². The second-order valence-corrected chi connectivity index (χ2v) is 5.71. The third-order valence-corrected chi connectivity index (χ3v) is 3.52. The quantitative estimate of drug-likeness (QED) is 0.852. The van der Waals surface area contributed by atoms with E-state index in [0.29, 0.717) is 11.4 Å². The van der Waals surface area contributed by atoms with E-state index in [2.05, 4.69) is 5.32 Å². The van der Waals surface area contributed by atoms with Crippen LogP contribution in [0.25, 0.3) is 0 Å². The fraction of sp³-hybridized carbons (Fsp3) is 0.294. The van der Waals surface area contributed by atoms with E-state index in [-0.39, 0.29) is 17.4 Å². The number of nitrogen functional groups attached to an aromatic ring is 1. The Kier molecular flexibility index (Phi) is 4.65. The molecule has 1 atom stereocenters. The van der Waals surface area contributed by atoms with Crippen LogP contribution in [0, 0.1) is 12.8 Å². The summed E-state index contributed by atoms with van der Waals surface area (Å²) in [7, 11) is 0. The standard InChI is InChI=1S/C17H21N3O2/c1-11(2)16(20-9-8-12(3)10-15(20)21)17(22)19-14-7-5-4-6-13(14)18/h4-11,16H,18H2,1-3H3,(H,19,22). The lowest BCUT2D eigenvalue weighted by Gasteiger charge is -2.23. The summed E-state index contributed by atoms with van der Waals surface area (Å²) in [6, 6.07) is 9.82. The normalized spacial score (nSPS) is 12.2. The van der Waals surface area contributed by atoms with Crippen LogP contribution in [0.5, 0.6) is 0 Å². The minimum Gasteiger partial charge on any atom is -0.397 e. The van der Waals surface area contributed by atoms with Gasteiger partial charge in [-0.2, -0.15) is 0 Å². The fourth-order valence-corrected chi connectivity index (χ4v) is 2.39. The number of nitrogens with zero attached hydrogens (tertiary/aromatic N) is 1. The molecule has 1 aromatic heterocycles. The second-order valence-electron chi connectivity index (χ2n) is 5.71. The number of rotatable bonds is 4. The van der Waals surface area contributed by atoms with Gasteiger partial charge < -0.3 is 15.6 Å². The molecular weight excluding hydrogens is 278 g/mol. The lowest BCUT2D eigenvalue weighted by atomic mass is 10.0. The average molecular weight is 299 g/mol. The summed E-state index contributed by atoms with van der Waals surface area (Å²) in [5.41, 5.74) is 7.59. The Bertz CT molecular complexity index is 735. The highest BCUT2D eigenvalue weighted by atomic mass is 16.2. The van der Waals surface area contributed by atoms with E-state index in [4.69, 9.17) is 5.73 Å². The van der Waals surface area contributed by atoms with Crippen LogP contribution < -0.4 is 16.6 Å². The van der Waals surface area contributed by atoms with Gasteiger partial charge in [0.1, 0.15) is 6.04 Å². The first-order chi connectivity index (χ1) is 10.4. The van der Waals surface area contributed by atoms with Gasteiger partial charge in [-0.1, -0.05) is 26.0 Å². The molecule has 5 nitrogen and oxygen atoms in total. The van der Waals surface area contributed by atoms with Crippen molar-refractivity contribution >= 4 is 17.3 Å². The van der Waals surface area contributed by atoms with Crippen molar-refractivity contribution < 1.29 is 4.79 Å². The van der Waals surface area contributed by atoms with E-state index >= 15 is 0 Å². The van der Waals surface area contributed by atoms with E-state index in [9.17, 15) is 9.59 Å². The fourth-order valence-electron chi connectivity index (χ4n) is 2.39. The number of carbonyl (C=O) groups excluding carboxylic acids is 1. The maximum absolute atomic E-state index is 12.6. The van der Waals surface area contributed by atoms with Crippen LogP contribution >= 0.6 is 0 Å². The number of benzene rings is 1. The number of anilines is 2. The predicted molar refractivity (Wildman–Crippen MR) is 88.8 cm³/mol. The number of para-hydroxylation sites is 2. The van der Waals surface area contributed by atoms with Crippen LogP contribution in [-0.2, 0) is 4.79 Å². The van der Waals surface area contributed by atoms with Crippen LogP contribution in [0.15, 0.2) is 47.4 Å². The van der Waals surface area contributed by atoms with Crippen molar-refractivity contribution in [3.63, 3.8) is 0 Å². The highest BCUT2D eigenvalue weighted by Gasteiger charge is 2.25. The Labute approximate surface area is 129 Å². The van der Waals surface area contributed by atoms with Gasteiger partial charge in [-0.15, -0.1) is 0 Å². The van der Waals surface area contributed by atoms with Gasteiger partial charge in [-0.3, -0.25) is 9.59 Å². The first kappa shape index (κ1) is 15.8. The van der Waals surface area contributed by atoms with Gasteiger partial charge in [-0.25, -0.2) is 0 Å². The smallest absolute Gasteiger partial charge is 0.251 e. The maximum Gasteiger partial charge on any atom is 0.251 e. The van der Waals surface area contributed by atoms with Crippen molar-refractivity contribution in [2.24, 2.45) is 5.92 Å². The van der Waals surface area contributed by atoms with Crippen LogP contribution in [0.3, 0.4) is 0 Å². The molecule has 1 heterocycles. The van der Waals surface area contributed by atoms with Gasteiger partial charge in [0, 0.05) is 12.3 Å². The summed E-state index contributed by atoms with van der Waals surface area (Å²) in [5.74, 6) is -0.288. The van der Waals surface area contributed by atoms with Gasteiger partial charge in [-0.05, 0) is 36.6 Å². The van der Waals surface area contributed by atoms with Crippen LogP contribution in [-0.4, -0.2) is 10.5 Å². The molecule has 1 amide bonds. The topological polar surface area (TPSA) is 77.1 Å². The van der Waals surface area contributed by atoms with Crippen LogP contribution in [0.1, 0.15) is 25.5 Å². The number of hydrogen-bond donors (Lipinski definition) is 2. The summed E-state index contributed by atoms with van der Waals surface area (Å²) >= 11 is 0. The first-order valence-corrected chi connectivity index (χ1v) is 7.24. The molecule has 0 fully saturated rings. The second kappa shape index (κ2) is 6.47. The Balaban J connectivity index is 2.34. The van der Waals surface area contributed by atoms with E-state index in [1.807, 2.05) is 26.8 Å². The van der Waals surface area contributed by atoms with Gasteiger partial charge in [0.15, 0.2) is 0 Å². The third kappa shape index (κ3) is 3.36. The molecule has 0 aliphatic rings. The number of pyridine rings is 1. The molecular formula is C17H21N3O2. The zero-order chi connectivity index (χ0) is 16.3. The molecule has 116 valence electrons. The van der Waals surface area contributed by atoms with Gasteiger partial charge >= 0.3 is 0 Å². The van der Waals surface area contributed by atoms with Gasteiger partial charge in [0.2, 0.25) is 5.91 Å². The zero-order valence-electron chi connectivity index (χ0n) is 13.0. The molecule has 0 saturated heterocycles. The highest BCUT2D eigenvalue weighted by Crippen LogP contribution is 2.22. The molecule has 0 bridgehead atoms. The summed E-state index contributed by atoms with van der Waals surface area (Å²) in [4.78, 5) is 24.8. The molecule has 0 spiro atoms. The van der Waals surface area contributed by atoms with E-state index in [1.54, 1.807) is 30.5 Å². The molecule has 3 N–H and O–H groups in total. The molecule has 1 aromatic carbocycles. The number of nitrogens with two attached hydrogens (primary N) is 1. The molecule has 0 radical (unpaired) electrons. The molecule has 2 rings (SSSR count). The third-order valence-electron chi connectivity index (χ3n) is 3.52. The predicted octanol–water partition coefficient (Wildman–Crippen LogP) is 2.57. The first-order valence-electron chi connectivity index (χ1n) is 7.24. The number of amides is 1. The van der Waals surface area contributed by atoms with Gasteiger partial charge in [0.25, 0.3) is 5.56 Å². The number of nitrogens with one attached hydrogen (secondary N) is 1. The lowest BCUT2D eigenvalue weighted by molar-refractivity contribution is -0.120. The van der Waals surface area contributed by atoms with Crippen molar-refractivity contribution in [1.82, 2.24) is 4.57 Å². The summed E-state index contributed by atoms with van der Waals surface area (Å²) < 4.78 is 1.46. The van der Waals surface area contributed by atoms with E-state index in [1.165, 1.54) is 10.6 Å². The van der Waals surface area contributed by atoms with E-state index in [0.717, 1.165) is 5.56 Å². The van der Waals surface area contributed by atoms with Crippen molar-refractivity contribution in [3.05, 3.63) is 58.5 Å². The largest absolute Gasteiger partial charge is 0.397 e. The number of aromatic nitrogens is 1. The average Bonchev–Trinajstić information content (AvgIpc) is 2.44. The summed E-state index contributed by atoms with van der Waals surface area (Å²) in [6.45, 7) is 5.66. The molecule has 2 aromatic rings. The molecule has 0 aliphatic heterocycles. The Morgan fingerprint density at radius 2 is 1.91 bits per heavy atom. The molecule has 1 unspecified atom stereocenters. The minimum absolute atomic E-state index is 0.0367. The lowest BCUT2D eigenvalue weighted by Crippen LogP contribution is -2.36. The SMILES string of the molecule is Cc1ccn(C(C(=O)Nc2ccccc2N)C(C)C)c(=O)c1. The maximum atomic E-state index is 12.6.